The van der Waals surface area contributed by atoms with E-state index < -0.39 is 0 Å². The van der Waals surface area contributed by atoms with Gasteiger partial charge in [-0.25, -0.2) is 5.06 Å². The largest absolute Gasteiger partial charge is 0.317 e. The number of rotatable bonds is 3. The van der Waals surface area contributed by atoms with Crippen molar-refractivity contribution < 1.29 is 9.63 Å². The fourth-order valence-corrected chi connectivity index (χ4v) is 1.56. The second kappa shape index (κ2) is 4.75. The van der Waals surface area contributed by atoms with Gasteiger partial charge < -0.3 is 5.32 Å². The van der Waals surface area contributed by atoms with Gasteiger partial charge >= 0.3 is 0 Å². The Hall–Kier alpha value is -0.610. The molecule has 0 bridgehead atoms. The van der Waals surface area contributed by atoms with Gasteiger partial charge in [0, 0.05) is 0 Å². The lowest BCUT2D eigenvalue weighted by molar-refractivity contribution is -0.234. The van der Waals surface area contributed by atoms with Crippen LogP contribution in [0, 0.1) is 0 Å². The first kappa shape index (κ1) is 11.5. The highest BCUT2D eigenvalue weighted by Crippen LogP contribution is 2.16. The van der Waals surface area contributed by atoms with E-state index in [4.69, 9.17) is 4.84 Å². The molecule has 0 aliphatic carbocycles. The van der Waals surface area contributed by atoms with Crippen LogP contribution in [-0.2, 0) is 9.63 Å². The highest BCUT2D eigenvalue weighted by Gasteiger charge is 2.24. The summed E-state index contributed by atoms with van der Waals surface area (Å²) in [6.07, 6.45) is 2.73. The monoisotopic (exact) mass is 200 g/mol. The van der Waals surface area contributed by atoms with Crippen molar-refractivity contribution in [3.8, 4) is 0 Å². The van der Waals surface area contributed by atoms with E-state index in [9.17, 15) is 4.79 Å². The summed E-state index contributed by atoms with van der Waals surface area (Å²) in [5, 5.41) is 4.73. The molecule has 82 valence electrons. The van der Waals surface area contributed by atoms with Crippen LogP contribution in [0.5, 0.6) is 0 Å². The molecule has 1 rings (SSSR count). The fraction of sp³-hybridized carbons (Fsp3) is 0.900. The zero-order valence-corrected chi connectivity index (χ0v) is 9.25. The van der Waals surface area contributed by atoms with Gasteiger partial charge in [-0.1, -0.05) is 0 Å². The number of hydrogen-bond donors (Lipinski definition) is 1. The number of nitrogens with one attached hydrogen (secondary N) is 1. The Morgan fingerprint density at radius 1 is 1.36 bits per heavy atom. The molecule has 0 aromatic rings. The minimum Gasteiger partial charge on any atom is -0.317 e. The summed E-state index contributed by atoms with van der Waals surface area (Å²) in [5.41, 5.74) is -0.300. The van der Waals surface area contributed by atoms with Crippen LogP contribution in [0.1, 0.15) is 33.6 Å². The first-order valence-electron chi connectivity index (χ1n) is 5.16. The summed E-state index contributed by atoms with van der Waals surface area (Å²) in [6, 6.07) is 0.230. The zero-order chi connectivity index (χ0) is 10.6. The van der Waals surface area contributed by atoms with Gasteiger partial charge in [-0.15, -0.1) is 0 Å². The van der Waals surface area contributed by atoms with Crippen molar-refractivity contribution in [3.05, 3.63) is 0 Å². The second-order valence-corrected chi connectivity index (χ2v) is 4.65. The lowest BCUT2D eigenvalue weighted by atomic mass is 10.1. The summed E-state index contributed by atoms with van der Waals surface area (Å²) >= 11 is 0. The molecular weight excluding hydrogens is 180 g/mol. The molecule has 0 atom stereocenters. The number of hydrogen-bond acceptors (Lipinski definition) is 3. The molecule has 1 saturated heterocycles. The minimum atomic E-state index is -0.300. The molecule has 1 heterocycles. The normalized spacial score (nSPS) is 19.4. The first-order chi connectivity index (χ1) is 6.53. The van der Waals surface area contributed by atoms with Crippen LogP contribution in [0.25, 0.3) is 0 Å². The third-order valence-corrected chi connectivity index (χ3v) is 2.15. The number of hydroxylamine groups is 2. The van der Waals surface area contributed by atoms with E-state index in [-0.39, 0.29) is 11.6 Å². The van der Waals surface area contributed by atoms with Crippen molar-refractivity contribution in [3.63, 3.8) is 0 Å². The topological polar surface area (TPSA) is 41.6 Å². The molecule has 4 nitrogen and oxygen atoms in total. The maximum atomic E-state index is 10.9. The maximum absolute atomic E-state index is 10.9. The van der Waals surface area contributed by atoms with Gasteiger partial charge in [-0.05, 0) is 46.7 Å². The quantitative estimate of drug-likeness (QED) is 0.544. The average molecular weight is 200 g/mol. The lowest BCUT2D eigenvalue weighted by Gasteiger charge is -2.35. The number of carbonyl (C=O) groups is 1. The molecule has 1 amide bonds. The molecule has 0 saturated carbocycles. The number of carbonyl (C=O) groups excluding carboxylic acids is 1. The van der Waals surface area contributed by atoms with Crippen LogP contribution in [0.4, 0.5) is 0 Å². The molecule has 0 aromatic heterocycles. The van der Waals surface area contributed by atoms with Gasteiger partial charge in [0.1, 0.15) is 0 Å². The molecule has 1 N–H and O–H groups in total. The predicted octanol–water partition coefficient (Wildman–Crippen LogP) is 0.927. The molecule has 0 unspecified atom stereocenters. The van der Waals surface area contributed by atoms with Gasteiger partial charge in [0.25, 0.3) is 0 Å². The Balaban J connectivity index is 2.47. The van der Waals surface area contributed by atoms with E-state index in [1.54, 1.807) is 0 Å². The van der Waals surface area contributed by atoms with Crippen LogP contribution >= 0.6 is 0 Å². The Labute approximate surface area is 85.6 Å². The third-order valence-electron chi connectivity index (χ3n) is 2.15. The third kappa shape index (κ3) is 3.64. The second-order valence-electron chi connectivity index (χ2n) is 4.65. The smallest absolute Gasteiger partial charge is 0.233 e. The Morgan fingerprint density at radius 3 is 2.36 bits per heavy atom. The molecule has 0 radical (unpaired) electrons. The van der Waals surface area contributed by atoms with Crippen LogP contribution < -0.4 is 5.32 Å². The van der Waals surface area contributed by atoms with E-state index in [2.05, 4.69) is 5.32 Å². The Bertz CT molecular complexity index is 183. The van der Waals surface area contributed by atoms with Crippen molar-refractivity contribution in [2.45, 2.75) is 45.3 Å². The maximum Gasteiger partial charge on any atom is 0.233 e. The van der Waals surface area contributed by atoms with E-state index in [0.717, 1.165) is 32.3 Å². The number of amides is 1. The van der Waals surface area contributed by atoms with Crippen molar-refractivity contribution >= 4 is 6.41 Å². The number of nitrogens with zero attached hydrogens (tertiary/aromatic N) is 1. The molecule has 1 fully saturated rings. The molecule has 1 aliphatic rings. The SMILES string of the molecule is CC(C)(C)ON(C=O)C1CCNCC1. The van der Waals surface area contributed by atoms with Crippen LogP contribution in [0.15, 0.2) is 0 Å². The van der Waals surface area contributed by atoms with Crippen molar-refractivity contribution in [2.24, 2.45) is 0 Å². The van der Waals surface area contributed by atoms with E-state index in [1.807, 2.05) is 20.8 Å². The van der Waals surface area contributed by atoms with Gasteiger partial charge in [0.05, 0.1) is 11.6 Å². The van der Waals surface area contributed by atoms with Gasteiger partial charge in [-0.3, -0.25) is 9.63 Å². The summed E-state index contributed by atoms with van der Waals surface area (Å²) in [4.78, 5) is 16.4. The van der Waals surface area contributed by atoms with Crippen molar-refractivity contribution in [2.75, 3.05) is 13.1 Å². The Morgan fingerprint density at radius 2 is 1.93 bits per heavy atom. The molecule has 4 heteroatoms. The molecule has 14 heavy (non-hydrogen) atoms. The molecule has 0 spiro atoms. The molecular formula is C10H20N2O2. The van der Waals surface area contributed by atoms with Crippen LogP contribution in [-0.4, -0.2) is 36.2 Å². The van der Waals surface area contributed by atoms with Crippen LogP contribution in [0.3, 0.4) is 0 Å². The zero-order valence-electron chi connectivity index (χ0n) is 9.25. The van der Waals surface area contributed by atoms with Gasteiger partial charge in [0.2, 0.25) is 6.41 Å². The Kier molecular flexibility index (Phi) is 3.89. The fourth-order valence-electron chi connectivity index (χ4n) is 1.56. The summed E-state index contributed by atoms with van der Waals surface area (Å²) in [5.74, 6) is 0. The summed E-state index contributed by atoms with van der Waals surface area (Å²) in [6.45, 7) is 7.77. The van der Waals surface area contributed by atoms with E-state index >= 15 is 0 Å². The van der Waals surface area contributed by atoms with Crippen molar-refractivity contribution in [1.82, 2.24) is 10.4 Å². The highest BCUT2D eigenvalue weighted by atomic mass is 16.7. The average Bonchev–Trinajstić information content (AvgIpc) is 2.14. The number of piperidine rings is 1. The summed E-state index contributed by atoms with van der Waals surface area (Å²) in [7, 11) is 0. The highest BCUT2D eigenvalue weighted by molar-refractivity contribution is 5.45. The minimum absolute atomic E-state index is 0.230. The lowest BCUT2D eigenvalue weighted by Crippen LogP contribution is -2.45. The van der Waals surface area contributed by atoms with E-state index in [0.29, 0.717) is 0 Å². The predicted molar refractivity (Wildman–Crippen MR) is 54.6 cm³/mol. The standard InChI is InChI=1S/C10H20N2O2/c1-10(2,3)14-12(8-13)9-4-6-11-7-5-9/h8-9,11H,4-7H2,1-3H3. The molecule has 1 aliphatic heterocycles. The van der Waals surface area contributed by atoms with E-state index in [1.165, 1.54) is 5.06 Å². The van der Waals surface area contributed by atoms with Gasteiger partial charge in [0.15, 0.2) is 0 Å². The van der Waals surface area contributed by atoms with Crippen molar-refractivity contribution in [1.29, 1.82) is 0 Å². The summed E-state index contributed by atoms with van der Waals surface area (Å²) < 4.78 is 0. The molecule has 0 aromatic carbocycles. The van der Waals surface area contributed by atoms with Crippen LogP contribution in [0.2, 0.25) is 0 Å². The van der Waals surface area contributed by atoms with Gasteiger partial charge in [-0.2, -0.15) is 0 Å². The first-order valence-corrected chi connectivity index (χ1v) is 5.16.